The Kier molecular flexibility index (Phi) is 6.87. The van der Waals surface area contributed by atoms with Crippen LogP contribution in [-0.4, -0.2) is 52.5 Å². The van der Waals surface area contributed by atoms with E-state index in [1.807, 2.05) is 30.5 Å². The van der Waals surface area contributed by atoms with Gasteiger partial charge in [-0.2, -0.15) is 0 Å². The highest BCUT2D eigenvalue weighted by molar-refractivity contribution is 5.88. The second-order valence-corrected chi connectivity index (χ2v) is 9.64. The quantitative estimate of drug-likeness (QED) is 0.545. The van der Waals surface area contributed by atoms with Crippen LogP contribution < -0.4 is 0 Å². The van der Waals surface area contributed by atoms with E-state index < -0.39 is 28.8 Å². The van der Waals surface area contributed by atoms with Crippen LogP contribution in [0.4, 0.5) is 4.79 Å². The number of hydrogen-bond acceptors (Lipinski definition) is 5. The van der Waals surface area contributed by atoms with Gasteiger partial charge in [0.25, 0.3) is 0 Å². The zero-order valence-electron chi connectivity index (χ0n) is 19.3. The second-order valence-electron chi connectivity index (χ2n) is 9.64. The number of ether oxygens (including phenoxy) is 3. The molecule has 7 heteroatoms. The number of amides is 1. The van der Waals surface area contributed by atoms with Crippen molar-refractivity contribution in [2.45, 2.75) is 71.6 Å². The average molecular weight is 419 g/mol. The molecule has 0 radical (unpaired) electrons. The minimum Gasteiger partial charge on any atom is -0.458 e. The first-order chi connectivity index (χ1) is 13.8. The highest BCUT2D eigenvalue weighted by Crippen LogP contribution is 2.30. The van der Waals surface area contributed by atoms with Crippen molar-refractivity contribution in [1.29, 1.82) is 0 Å². The molecule has 0 spiro atoms. The number of carbonyl (C=O) groups excluding carboxylic acids is 2. The van der Waals surface area contributed by atoms with Crippen molar-refractivity contribution in [2.24, 2.45) is 0 Å². The Morgan fingerprint density at radius 2 is 1.57 bits per heavy atom. The Balaban J connectivity index is 2.52. The monoisotopic (exact) mass is 418 g/mol. The number of para-hydroxylation sites is 1. The van der Waals surface area contributed by atoms with E-state index in [1.165, 1.54) is 12.0 Å². The third-order valence-corrected chi connectivity index (χ3v) is 4.52. The number of nitrogens with zero attached hydrogens (tertiary/aromatic N) is 1. The zero-order chi connectivity index (χ0) is 22.7. The number of esters is 1. The first-order valence-electron chi connectivity index (χ1n) is 10.0. The summed E-state index contributed by atoms with van der Waals surface area (Å²) >= 11 is 0. The number of H-pyrrole nitrogens is 1. The Bertz CT molecular complexity index is 891. The van der Waals surface area contributed by atoms with E-state index in [-0.39, 0.29) is 13.2 Å². The molecule has 1 N–H and O–H groups in total. The third-order valence-electron chi connectivity index (χ3n) is 4.52. The molecule has 0 fully saturated rings. The molecule has 0 aliphatic carbocycles. The van der Waals surface area contributed by atoms with E-state index in [0.29, 0.717) is 0 Å². The second kappa shape index (κ2) is 8.68. The van der Waals surface area contributed by atoms with E-state index in [2.05, 4.69) is 4.98 Å². The van der Waals surface area contributed by atoms with Crippen molar-refractivity contribution in [3.63, 3.8) is 0 Å². The topological polar surface area (TPSA) is 80.9 Å². The molecule has 0 bridgehead atoms. The van der Waals surface area contributed by atoms with Gasteiger partial charge in [-0.1, -0.05) is 18.2 Å². The van der Waals surface area contributed by atoms with Crippen molar-refractivity contribution in [3.05, 3.63) is 36.0 Å². The number of carbonyl (C=O) groups is 2. The van der Waals surface area contributed by atoms with Gasteiger partial charge < -0.3 is 19.2 Å². The van der Waals surface area contributed by atoms with Gasteiger partial charge in [0.15, 0.2) is 0 Å². The van der Waals surface area contributed by atoms with Crippen molar-refractivity contribution in [2.75, 3.05) is 13.8 Å². The van der Waals surface area contributed by atoms with E-state index in [4.69, 9.17) is 14.2 Å². The molecular formula is C23H34N2O5. The van der Waals surface area contributed by atoms with Crippen LogP contribution in [0.3, 0.4) is 0 Å². The van der Waals surface area contributed by atoms with Crippen LogP contribution in [0.15, 0.2) is 30.5 Å². The molecule has 0 unspecified atom stereocenters. The maximum Gasteiger partial charge on any atom is 0.413 e. The molecule has 0 saturated heterocycles. The lowest BCUT2D eigenvalue weighted by Gasteiger charge is -2.40. The number of hydrogen-bond donors (Lipinski definition) is 1. The number of nitrogens with one attached hydrogen (secondary N) is 1. The van der Waals surface area contributed by atoms with Crippen LogP contribution >= 0.6 is 0 Å². The fraction of sp³-hybridized carbons (Fsp3) is 0.565. The molecule has 0 aliphatic rings. The molecule has 1 atom stereocenters. The van der Waals surface area contributed by atoms with Gasteiger partial charge in [-0.3, -0.25) is 4.90 Å². The lowest BCUT2D eigenvalue weighted by atomic mass is 9.90. The highest BCUT2D eigenvalue weighted by atomic mass is 16.6. The number of aromatic amines is 1. The van der Waals surface area contributed by atoms with Crippen LogP contribution in [0, 0.1) is 0 Å². The van der Waals surface area contributed by atoms with Crippen LogP contribution in [0.1, 0.15) is 54.0 Å². The molecule has 2 rings (SSSR count). The van der Waals surface area contributed by atoms with Gasteiger partial charge in [0.1, 0.15) is 23.5 Å². The molecule has 7 nitrogen and oxygen atoms in total. The molecule has 1 aromatic carbocycles. The summed E-state index contributed by atoms with van der Waals surface area (Å²) in [5.74, 6) is -0.525. The standard InChI is InChI=1S/C23H34N2O5/c1-21(2,3)29-19(26)23(7,25(15-28-8)20(27)30-22(4,5)6)13-16-14-24-18-12-10-9-11-17(16)18/h9-12,14,24H,13,15H2,1-8H3/t23-/m0/s1. The molecule has 2 aromatic rings. The lowest BCUT2D eigenvalue weighted by molar-refractivity contribution is -0.171. The van der Waals surface area contributed by atoms with Gasteiger partial charge in [0.2, 0.25) is 0 Å². The molecule has 166 valence electrons. The lowest BCUT2D eigenvalue weighted by Crippen LogP contribution is -2.59. The van der Waals surface area contributed by atoms with Gasteiger partial charge >= 0.3 is 12.1 Å². The maximum absolute atomic E-state index is 13.4. The van der Waals surface area contributed by atoms with Crippen LogP contribution in [-0.2, 0) is 25.4 Å². The summed E-state index contributed by atoms with van der Waals surface area (Å²) in [4.78, 5) is 31.0. The normalized spacial score (nSPS) is 14.3. The van der Waals surface area contributed by atoms with Crippen LogP contribution in [0.25, 0.3) is 10.9 Å². The number of rotatable bonds is 6. The van der Waals surface area contributed by atoms with Crippen LogP contribution in [0.2, 0.25) is 0 Å². The average Bonchev–Trinajstić information content (AvgIpc) is 2.99. The number of fused-ring (bicyclic) bond motifs is 1. The smallest absolute Gasteiger partial charge is 0.413 e. The molecular weight excluding hydrogens is 384 g/mol. The summed E-state index contributed by atoms with van der Waals surface area (Å²) in [6, 6.07) is 7.81. The van der Waals surface area contributed by atoms with Gasteiger partial charge in [-0.05, 0) is 60.1 Å². The first kappa shape index (κ1) is 23.7. The van der Waals surface area contributed by atoms with Gasteiger partial charge in [0, 0.05) is 30.6 Å². The van der Waals surface area contributed by atoms with Crippen molar-refractivity contribution >= 4 is 23.0 Å². The van der Waals surface area contributed by atoms with Gasteiger partial charge in [0.05, 0.1) is 0 Å². The Hall–Kier alpha value is -2.54. The van der Waals surface area contributed by atoms with Gasteiger partial charge in [-0.15, -0.1) is 0 Å². The Morgan fingerprint density at radius 1 is 0.967 bits per heavy atom. The molecule has 1 heterocycles. The maximum atomic E-state index is 13.4. The molecule has 0 saturated carbocycles. The summed E-state index contributed by atoms with van der Waals surface area (Å²) in [6.07, 6.45) is 1.44. The first-order valence-corrected chi connectivity index (χ1v) is 10.0. The van der Waals surface area contributed by atoms with E-state index in [0.717, 1.165) is 16.5 Å². The summed E-state index contributed by atoms with van der Waals surface area (Å²) in [7, 11) is 1.47. The van der Waals surface area contributed by atoms with E-state index in [9.17, 15) is 9.59 Å². The third kappa shape index (κ3) is 5.75. The SMILES string of the molecule is COCN(C(=O)OC(C)(C)C)[C@@](C)(Cc1c[nH]c2ccccc12)C(=O)OC(C)(C)C. The Labute approximate surface area is 178 Å². The molecule has 30 heavy (non-hydrogen) atoms. The summed E-state index contributed by atoms with van der Waals surface area (Å²) in [5.41, 5.74) is -0.946. The van der Waals surface area contributed by atoms with Crippen molar-refractivity contribution in [1.82, 2.24) is 9.88 Å². The predicted molar refractivity (Wildman–Crippen MR) is 116 cm³/mol. The van der Waals surface area contributed by atoms with Crippen LogP contribution in [0.5, 0.6) is 0 Å². The van der Waals surface area contributed by atoms with E-state index >= 15 is 0 Å². The summed E-state index contributed by atoms with van der Waals surface area (Å²) in [6.45, 7) is 12.3. The Morgan fingerprint density at radius 3 is 2.13 bits per heavy atom. The number of aromatic nitrogens is 1. The highest BCUT2D eigenvalue weighted by Gasteiger charge is 2.47. The van der Waals surface area contributed by atoms with Crippen molar-refractivity contribution in [3.8, 4) is 0 Å². The van der Waals surface area contributed by atoms with Crippen molar-refractivity contribution < 1.29 is 23.8 Å². The van der Waals surface area contributed by atoms with Gasteiger partial charge in [-0.25, -0.2) is 9.59 Å². The predicted octanol–water partition coefficient (Wildman–Crippen LogP) is 4.65. The minimum absolute atomic E-state index is 0.118. The number of benzene rings is 1. The molecule has 1 aromatic heterocycles. The fourth-order valence-electron chi connectivity index (χ4n) is 3.16. The van der Waals surface area contributed by atoms with E-state index in [1.54, 1.807) is 48.5 Å². The molecule has 1 amide bonds. The fourth-order valence-corrected chi connectivity index (χ4v) is 3.16. The summed E-state index contributed by atoms with van der Waals surface area (Å²) < 4.78 is 16.6. The summed E-state index contributed by atoms with van der Waals surface area (Å²) in [5, 5.41) is 0.980. The molecule has 0 aliphatic heterocycles. The minimum atomic E-state index is -1.35. The number of methoxy groups -OCH3 is 1. The largest absolute Gasteiger partial charge is 0.458 e. The zero-order valence-corrected chi connectivity index (χ0v) is 19.3.